The Morgan fingerprint density at radius 3 is 2.44 bits per heavy atom. The van der Waals surface area contributed by atoms with Gasteiger partial charge in [0.25, 0.3) is 5.91 Å². The van der Waals surface area contributed by atoms with Gasteiger partial charge in [-0.15, -0.1) is 0 Å². The summed E-state index contributed by atoms with van der Waals surface area (Å²) in [5.74, 6) is 1.07. The Morgan fingerprint density at radius 1 is 0.977 bits per heavy atom. The topological polar surface area (TPSA) is 79.3 Å². The van der Waals surface area contributed by atoms with Crippen LogP contribution in [0.3, 0.4) is 0 Å². The summed E-state index contributed by atoms with van der Waals surface area (Å²) in [5.41, 5.74) is 2.73. The third kappa shape index (κ3) is 5.59. The number of fused-ring (bicyclic) bond motifs is 1. The number of hydrogen-bond donors (Lipinski definition) is 1. The van der Waals surface area contributed by atoms with E-state index in [1.807, 2.05) is 7.11 Å². The lowest BCUT2D eigenvalue weighted by Gasteiger charge is -2.45. The first-order valence-electron chi connectivity index (χ1n) is 17.9. The zero-order valence-corrected chi connectivity index (χ0v) is 28.5. The number of ether oxygens (including phenoxy) is 2. The molecule has 6 atom stereocenters. The zero-order valence-electron chi connectivity index (χ0n) is 27.5. The summed E-state index contributed by atoms with van der Waals surface area (Å²) in [7, 11) is -0.0344. The van der Waals surface area contributed by atoms with Crippen molar-refractivity contribution in [1.29, 1.82) is 0 Å². The maximum atomic E-state index is 14.9. The second-order valence-corrected chi connectivity index (χ2v) is 20.7. The third-order valence-corrected chi connectivity index (χ3v) is 18.3. The van der Waals surface area contributed by atoms with Gasteiger partial charge in [-0.1, -0.05) is 39.3 Å². The van der Waals surface area contributed by atoms with Crippen LogP contribution in [-0.2, 0) is 19.1 Å². The van der Waals surface area contributed by atoms with Gasteiger partial charge >= 0.3 is 0 Å². The van der Waals surface area contributed by atoms with Crippen LogP contribution in [-0.4, -0.2) is 85.5 Å². The Labute approximate surface area is 261 Å². The summed E-state index contributed by atoms with van der Waals surface area (Å²) in [5, 5.41) is 10.2. The zero-order chi connectivity index (χ0) is 30.4. The second-order valence-electron chi connectivity index (χ2n) is 15.5. The number of aliphatic hydroxyl groups is 1. The van der Waals surface area contributed by atoms with Crippen LogP contribution in [0.2, 0.25) is 24.2 Å². The number of likely N-dealkylation sites (tertiary alicyclic amines) is 1. The van der Waals surface area contributed by atoms with Gasteiger partial charge in [0.1, 0.15) is 0 Å². The Hall–Kier alpha value is -1.22. The molecule has 3 aliphatic carbocycles. The minimum atomic E-state index is -1.88. The molecule has 0 aromatic rings. The van der Waals surface area contributed by atoms with Crippen LogP contribution in [0.4, 0.5) is 0 Å². The van der Waals surface area contributed by atoms with Gasteiger partial charge in [0.15, 0.2) is 5.60 Å². The van der Waals surface area contributed by atoms with Crippen molar-refractivity contribution in [2.24, 2.45) is 11.8 Å². The molecule has 0 bridgehead atoms. The predicted molar refractivity (Wildman–Crippen MR) is 171 cm³/mol. The molecule has 242 valence electrons. The molecule has 1 N–H and O–H groups in total. The number of carbonyl (C=O) groups excluding carboxylic acids is 2. The molecule has 6 rings (SSSR count). The first-order chi connectivity index (χ1) is 20.7. The molecule has 2 amide bonds. The van der Waals surface area contributed by atoms with Gasteiger partial charge in [0, 0.05) is 50.9 Å². The highest BCUT2D eigenvalue weighted by atomic mass is 28.3. The van der Waals surface area contributed by atoms with Crippen LogP contribution in [0.1, 0.15) is 110 Å². The number of hydrogen-bond acceptors (Lipinski definition) is 5. The summed E-state index contributed by atoms with van der Waals surface area (Å²) in [6.07, 6.45) is 17.0. The van der Waals surface area contributed by atoms with E-state index >= 15 is 0 Å². The van der Waals surface area contributed by atoms with Crippen LogP contribution in [0, 0.1) is 11.8 Å². The molecule has 3 aliphatic heterocycles. The Bertz CT molecular complexity index is 1070. The SMILES string of the molecule is COC1CCC([Si](C)(C)[C@H]2[C@H](CCO)O[C@@]3(C(=O)N(CC4CCCC(N5CCCCC5=O)C4)C4=C3CCCC4)[C@@H]2C)CC1. The molecule has 43 heavy (non-hydrogen) atoms. The highest BCUT2D eigenvalue weighted by Gasteiger charge is 2.67. The monoisotopic (exact) mass is 614 g/mol. The molecule has 7 nitrogen and oxygen atoms in total. The van der Waals surface area contributed by atoms with Crippen molar-refractivity contribution < 1.29 is 24.2 Å². The highest BCUT2D eigenvalue weighted by Crippen LogP contribution is 2.61. The van der Waals surface area contributed by atoms with Gasteiger partial charge in [-0.3, -0.25) is 9.59 Å². The Morgan fingerprint density at radius 2 is 1.72 bits per heavy atom. The van der Waals surface area contributed by atoms with E-state index in [1.165, 1.54) is 24.1 Å². The standard InChI is InChI=1S/C35H58N2O5Si/c1-24-33(43(3,4)28-17-15-27(41-2)16-18-28)31(19-21-38)42-35(24)29-12-5-6-13-30(29)37(34(35)40)23-25-10-9-11-26(22-25)36-20-8-7-14-32(36)39/h24-28,31,33,38H,5-23H2,1-4H3/t24-,25?,26?,27?,28?,31+,33-,35+/m1/s1. The number of allylic oxidation sites excluding steroid dienone is 1. The van der Waals surface area contributed by atoms with Crippen molar-refractivity contribution in [3.63, 3.8) is 0 Å². The molecule has 0 aromatic heterocycles. The number of aliphatic hydroxyl groups excluding tert-OH is 1. The summed E-state index contributed by atoms with van der Waals surface area (Å²) in [6, 6.07) is 0.331. The lowest BCUT2D eigenvalue weighted by molar-refractivity contribution is -0.150. The van der Waals surface area contributed by atoms with Gasteiger partial charge in [-0.05, 0) is 99.6 Å². The smallest absolute Gasteiger partial charge is 0.263 e. The van der Waals surface area contributed by atoms with E-state index in [1.54, 1.807) is 0 Å². The first kappa shape index (κ1) is 31.7. The maximum absolute atomic E-state index is 14.9. The normalized spacial score (nSPS) is 39.2. The van der Waals surface area contributed by atoms with Crippen molar-refractivity contribution in [2.45, 2.75) is 158 Å². The molecule has 0 aromatic carbocycles. The number of rotatable bonds is 8. The highest BCUT2D eigenvalue weighted by molar-refractivity contribution is 6.80. The van der Waals surface area contributed by atoms with Crippen molar-refractivity contribution in [3.05, 3.63) is 11.3 Å². The van der Waals surface area contributed by atoms with E-state index in [9.17, 15) is 14.7 Å². The fourth-order valence-corrected chi connectivity index (χ4v) is 15.9. The largest absolute Gasteiger partial charge is 0.396 e. The number of piperidine rings is 1. The van der Waals surface area contributed by atoms with E-state index in [0.29, 0.717) is 47.9 Å². The molecular formula is C35H58N2O5Si. The van der Waals surface area contributed by atoms with Crippen LogP contribution in [0.15, 0.2) is 11.3 Å². The quantitative estimate of drug-likeness (QED) is 0.319. The van der Waals surface area contributed by atoms with Crippen LogP contribution in [0.25, 0.3) is 0 Å². The van der Waals surface area contributed by atoms with Gasteiger partial charge < -0.3 is 24.4 Å². The van der Waals surface area contributed by atoms with Crippen molar-refractivity contribution in [2.75, 3.05) is 26.8 Å². The molecule has 0 radical (unpaired) electrons. The lowest BCUT2D eigenvalue weighted by atomic mass is 9.78. The fraction of sp³-hybridized carbons (Fsp3) is 0.886. The average molecular weight is 615 g/mol. The summed E-state index contributed by atoms with van der Waals surface area (Å²) in [4.78, 5) is 32.0. The molecule has 4 fully saturated rings. The molecule has 2 saturated carbocycles. The molecular weight excluding hydrogens is 556 g/mol. The van der Waals surface area contributed by atoms with Gasteiger partial charge in [0.05, 0.1) is 20.3 Å². The van der Waals surface area contributed by atoms with Gasteiger partial charge in [-0.25, -0.2) is 0 Å². The summed E-state index contributed by atoms with van der Waals surface area (Å²) < 4.78 is 12.9. The van der Waals surface area contributed by atoms with Gasteiger partial charge in [-0.2, -0.15) is 0 Å². The number of nitrogens with zero attached hydrogens (tertiary/aromatic N) is 2. The lowest BCUT2D eigenvalue weighted by Crippen LogP contribution is -2.51. The molecule has 1 spiro atoms. The molecule has 8 heteroatoms. The van der Waals surface area contributed by atoms with E-state index in [4.69, 9.17) is 9.47 Å². The van der Waals surface area contributed by atoms with E-state index < -0.39 is 13.7 Å². The van der Waals surface area contributed by atoms with Crippen LogP contribution in [0.5, 0.6) is 0 Å². The Balaban J connectivity index is 1.25. The maximum Gasteiger partial charge on any atom is 0.263 e. The summed E-state index contributed by atoms with van der Waals surface area (Å²) >= 11 is 0. The average Bonchev–Trinajstić information content (AvgIpc) is 3.44. The van der Waals surface area contributed by atoms with E-state index in [-0.39, 0.29) is 24.5 Å². The van der Waals surface area contributed by atoms with Gasteiger partial charge in [0.2, 0.25) is 5.91 Å². The van der Waals surface area contributed by atoms with Crippen LogP contribution >= 0.6 is 0 Å². The molecule has 3 heterocycles. The summed E-state index contributed by atoms with van der Waals surface area (Å²) in [6.45, 7) is 9.21. The van der Waals surface area contributed by atoms with Crippen molar-refractivity contribution >= 4 is 19.9 Å². The number of amides is 2. The minimum absolute atomic E-state index is 0.0643. The Kier molecular flexibility index (Phi) is 9.51. The third-order valence-electron chi connectivity index (χ3n) is 13.0. The van der Waals surface area contributed by atoms with Crippen molar-refractivity contribution in [1.82, 2.24) is 9.80 Å². The van der Waals surface area contributed by atoms with E-state index in [2.05, 4.69) is 29.8 Å². The second kappa shape index (κ2) is 12.9. The predicted octanol–water partition coefficient (Wildman–Crippen LogP) is 6.42. The fourth-order valence-electron chi connectivity index (χ4n) is 10.8. The molecule has 6 aliphatic rings. The number of carbonyl (C=O) groups is 2. The van der Waals surface area contributed by atoms with Crippen LogP contribution < -0.4 is 0 Å². The number of methoxy groups -OCH3 is 1. The van der Waals surface area contributed by atoms with E-state index in [0.717, 1.165) is 90.1 Å². The molecule has 2 unspecified atom stereocenters. The van der Waals surface area contributed by atoms with Crippen molar-refractivity contribution in [3.8, 4) is 0 Å². The minimum Gasteiger partial charge on any atom is -0.396 e. The first-order valence-corrected chi connectivity index (χ1v) is 21.0. The molecule has 2 saturated heterocycles.